The third-order valence-electron chi connectivity index (χ3n) is 2.38. The van der Waals surface area contributed by atoms with Crippen molar-refractivity contribution in [2.75, 3.05) is 24.5 Å². The molecule has 1 N–H and O–H groups in total. The number of aryl methyl sites for hydroxylation is 1. The first-order valence-electron chi connectivity index (χ1n) is 4.60. The number of hydrogen-bond donors (Lipinski definition) is 1. The van der Waals surface area contributed by atoms with E-state index in [1.165, 1.54) is 0 Å². The van der Waals surface area contributed by atoms with Crippen LogP contribution in [0, 0.1) is 0 Å². The van der Waals surface area contributed by atoms with Crippen molar-refractivity contribution < 1.29 is 0 Å². The van der Waals surface area contributed by atoms with Gasteiger partial charge in [0.05, 0.1) is 6.20 Å². The second kappa shape index (κ2) is 3.33. The largest absolute Gasteiger partial charge is 0.353 e. The standard InChI is InChI=1S/C8H15N5/c1-7-6-13(4-3-9-7)8-5-10-11-12(8)2/h5,7,9H,3-4,6H2,1-2H3. The summed E-state index contributed by atoms with van der Waals surface area (Å²) >= 11 is 0. The van der Waals surface area contributed by atoms with E-state index < -0.39 is 0 Å². The second-order valence-electron chi connectivity index (χ2n) is 3.52. The van der Waals surface area contributed by atoms with E-state index in [0.717, 1.165) is 25.5 Å². The van der Waals surface area contributed by atoms with Crippen LogP contribution in [0.3, 0.4) is 0 Å². The topological polar surface area (TPSA) is 46.0 Å². The number of piperazine rings is 1. The quantitative estimate of drug-likeness (QED) is 0.641. The maximum absolute atomic E-state index is 3.92. The molecule has 2 heterocycles. The molecule has 1 aliphatic rings. The van der Waals surface area contributed by atoms with Crippen molar-refractivity contribution in [1.82, 2.24) is 20.3 Å². The molecule has 0 amide bonds. The average molecular weight is 181 g/mol. The molecule has 13 heavy (non-hydrogen) atoms. The predicted molar refractivity (Wildman–Crippen MR) is 50.7 cm³/mol. The van der Waals surface area contributed by atoms with Crippen LogP contribution in [0.15, 0.2) is 6.20 Å². The van der Waals surface area contributed by atoms with Crippen LogP contribution in [0.4, 0.5) is 5.82 Å². The highest BCUT2D eigenvalue weighted by atomic mass is 15.5. The van der Waals surface area contributed by atoms with Crippen LogP contribution in [0.1, 0.15) is 6.92 Å². The van der Waals surface area contributed by atoms with E-state index in [4.69, 9.17) is 0 Å². The number of nitrogens with zero attached hydrogens (tertiary/aromatic N) is 4. The minimum absolute atomic E-state index is 0.545. The van der Waals surface area contributed by atoms with E-state index in [1.54, 1.807) is 0 Å². The molecular formula is C8H15N5. The van der Waals surface area contributed by atoms with E-state index in [0.29, 0.717) is 6.04 Å². The van der Waals surface area contributed by atoms with Gasteiger partial charge in [-0.15, -0.1) is 5.10 Å². The van der Waals surface area contributed by atoms with E-state index in [2.05, 4.69) is 27.5 Å². The molecule has 1 aromatic rings. The predicted octanol–water partition coefficient (Wildman–Crippen LogP) is -0.387. The maximum Gasteiger partial charge on any atom is 0.147 e. The Kier molecular flexibility index (Phi) is 2.18. The summed E-state index contributed by atoms with van der Waals surface area (Å²) in [5.41, 5.74) is 0. The molecule has 1 atom stereocenters. The Hall–Kier alpha value is -1.10. The van der Waals surface area contributed by atoms with Crippen LogP contribution in [-0.2, 0) is 7.05 Å². The van der Waals surface area contributed by atoms with Gasteiger partial charge in [-0.3, -0.25) is 0 Å². The highest BCUT2D eigenvalue weighted by Gasteiger charge is 2.18. The number of nitrogens with one attached hydrogen (secondary N) is 1. The Balaban J connectivity index is 2.12. The minimum atomic E-state index is 0.545. The summed E-state index contributed by atoms with van der Waals surface area (Å²) in [4.78, 5) is 2.31. The molecule has 0 spiro atoms. The van der Waals surface area contributed by atoms with Crippen LogP contribution in [-0.4, -0.2) is 40.7 Å². The van der Waals surface area contributed by atoms with Crippen LogP contribution in [0.5, 0.6) is 0 Å². The lowest BCUT2D eigenvalue weighted by Gasteiger charge is -2.32. The van der Waals surface area contributed by atoms with Gasteiger partial charge in [0, 0.05) is 32.7 Å². The zero-order chi connectivity index (χ0) is 9.26. The third kappa shape index (κ3) is 1.65. The van der Waals surface area contributed by atoms with Gasteiger partial charge in [0.15, 0.2) is 0 Å². The van der Waals surface area contributed by atoms with Gasteiger partial charge in [-0.05, 0) is 6.92 Å². The SMILES string of the molecule is CC1CN(c2cnnn2C)CCN1. The zero-order valence-electron chi connectivity index (χ0n) is 8.06. The van der Waals surface area contributed by atoms with Gasteiger partial charge in [-0.2, -0.15) is 0 Å². The van der Waals surface area contributed by atoms with Gasteiger partial charge in [-0.1, -0.05) is 5.21 Å². The van der Waals surface area contributed by atoms with E-state index in [-0.39, 0.29) is 0 Å². The van der Waals surface area contributed by atoms with Gasteiger partial charge >= 0.3 is 0 Å². The summed E-state index contributed by atoms with van der Waals surface area (Å²) in [6.45, 7) is 5.29. The van der Waals surface area contributed by atoms with Crippen molar-refractivity contribution in [3.8, 4) is 0 Å². The highest BCUT2D eigenvalue weighted by molar-refractivity contribution is 5.36. The summed E-state index contributed by atoms with van der Waals surface area (Å²) in [5.74, 6) is 1.10. The Morgan fingerprint density at radius 1 is 1.62 bits per heavy atom. The first-order valence-corrected chi connectivity index (χ1v) is 4.60. The molecule has 0 radical (unpaired) electrons. The minimum Gasteiger partial charge on any atom is -0.353 e. The molecule has 1 fully saturated rings. The number of hydrogen-bond acceptors (Lipinski definition) is 4. The summed E-state index contributed by atoms with van der Waals surface area (Å²) in [6.07, 6.45) is 1.82. The molecule has 0 aliphatic carbocycles. The lowest BCUT2D eigenvalue weighted by atomic mass is 10.2. The summed E-state index contributed by atoms with van der Waals surface area (Å²) in [6, 6.07) is 0.545. The van der Waals surface area contributed by atoms with Gasteiger partial charge < -0.3 is 10.2 Å². The highest BCUT2D eigenvalue weighted by Crippen LogP contribution is 2.12. The average Bonchev–Trinajstić information content (AvgIpc) is 2.51. The monoisotopic (exact) mass is 181 g/mol. The lowest BCUT2D eigenvalue weighted by Crippen LogP contribution is -2.49. The number of aromatic nitrogens is 3. The molecule has 1 aliphatic heterocycles. The summed E-state index contributed by atoms with van der Waals surface area (Å²) < 4.78 is 1.82. The van der Waals surface area contributed by atoms with E-state index in [1.807, 2.05) is 17.9 Å². The van der Waals surface area contributed by atoms with Crippen LogP contribution in [0.2, 0.25) is 0 Å². The fourth-order valence-corrected chi connectivity index (χ4v) is 1.71. The van der Waals surface area contributed by atoms with E-state index in [9.17, 15) is 0 Å². The Morgan fingerprint density at radius 2 is 2.46 bits per heavy atom. The molecule has 72 valence electrons. The first kappa shape index (κ1) is 8.50. The van der Waals surface area contributed by atoms with Crippen LogP contribution >= 0.6 is 0 Å². The van der Waals surface area contributed by atoms with Crippen LogP contribution in [0.25, 0.3) is 0 Å². The number of rotatable bonds is 1. The van der Waals surface area contributed by atoms with Gasteiger partial charge in [-0.25, -0.2) is 4.68 Å². The smallest absolute Gasteiger partial charge is 0.147 e. The van der Waals surface area contributed by atoms with Crippen molar-refractivity contribution in [3.05, 3.63) is 6.20 Å². The Morgan fingerprint density at radius 3 is 3.08 bits per heavy atom. The summed E-state index contributed by atoms with van der Waals surface area (Å²) in [7, 11) is 1.93. The Bertz CT molecular complexity index is 282. The van der Waals surface area contributed by atoms with Crippen molar-refractivity contribution in [2.45, 2.75) is 13.0 Å². The fraction of sp³-hybridized carbons (Fsp3) is 0.750. The van der Waals surface area contributed by atoms with Crippen molar-refractivity contribution in [1.29, 1.82) is 0 Å². The molecule has 0 saturated carbocycles. The normalized spacial score (nSPS) is 23.5. The molecule has 5 nitrogen and oxygen atoms in total. The molecule has 1 saturated heterocycles. The molecule has 5 heteroatoms. The van der Waals surface area contributed by atoms with Gasteiger partial charge in [0.25, 0.3) is 0 Å². The maximum atomic E-state index is 3.92. The van der Waals surface area contributed by atoms with Crippen molar-refractivity contribution in [2.24, 2.45) is 7.05 Å². The molecular weight excluding hydrogens is 166 g/mol. The third-order valence-corrected chi connectivity index (χ3v) is 2.38. The molecule has 2 rings (SSSR count). The zero-order valence-corrected chi connectivity index (χ0v) is 8.06. The molecule has 0 bridgehead atoms. The molecule has 1 aromatic heterocycles. The number of anilines is 1. The molecule has 0 aromatic carbocycles. The summed E-state index contributed by atoms with van der Waals surface area (Å²) in [5, 5.41) is 11.2. The Labute approximate surface area is 77.7 Å². The van der Waals surface area contributed by atoms with Gasteiger partial charge in [0.1, 0.15) is 5.82 Å². The van der Waals surface area contributed by atoms with Crippen LogP contribution < -0.4 is 10.2 Å². The second-order valence-corrected chi connectivity index (χ2v) is 3.52. The fourth-order valence-electron chi connectivity index (χ4n) is 1.71. The first-order chi connectivity index (χ1) is 6.27. The van der Waals surface area contributed by atoms with Gasteiger partial charge in [0.2, 0.25) is 0 Å². The lowest BCUT2D eigenvalue weighted by molar-refractivity contribution is 0.477. The molecule has 1 unspecified atom stereocenters. The van der Waals surface area contributed by atoms with Crippen molar-refractivity contribution in [3.63, 3.8) is 0 Å². The van der Waals surface area contributed by atoms with E-state index >= 15 is 0 Å². The van der Waals surface area contributed by atoms with Crippen molar-refractivity contribution >= 4 is 5.82 Å².